The van der Waals surface area contributed by atoms with E-state index in [4.69, 9.17) is 4.42 Å². The van der Waals surface area contributed by atoms with Gasteiger partial charge in [0.05, 0.1) is 5.69 Å². The van der Waals surface area contributed by atoms with Crippen molar-refractivity contribution in [1.82, 2.24) is 9.55 Å². The molecule has 1 N–H and O–H groups in total. The van der Waals surface area contributed by atoms with E-state index in [2.05, 4.69) is 10.3 Å². The van der Waals surface area contributed by atoms with Gasteiger partial charge in [-0.15, -0.1) is 0 Å². The van der Waals surface area contributed by atoms with Crippen LogP contribution in [0.4, 0.5) is 10.1 Å². The molecule has 0 spiro atoms. The molecule has 7 heteroatoms. The second-order valence-electron chi connectivity index (χ2n) is 5.33. The maximum atomic E-state index is 13.6. The number of carbonyl (C=O) groups is 1. The minimum absolute atomic E-state index is 0.374. The average Bonchev–Trinajstić information content (AvgIpc) is 3.17. The molecule has 128 valence electrons. The van der Waals surface area contributed by atoms with Gasteiger partial charge in [-0.2, -0.15) is 0 Å². The van der Waals surface area contributed by atoms with E-state index in [9.17, 15) is 9.18 Å². The van der Waals surface area contributed by atoms with Crippen molar-refractivity contribution in [3.05, 3.63) is 66.1 Å². The van der Waals surface area contributed by atoms with E-state index in [1.807, 2.05) is 30.8 Å². The van der Waals surface area contributed by atoms with Crippen molar-refractivity contribution in [2.24, 2.45) is 7.05 Å². The quantitative estimate of drug-likeness (QED) is 0.693. The van der Waals surface area contributed by atoms with Crippen LogP contribution in [0.5, 0.6) is 0 Å². The number of imidazole rings is 1. The molecular weight excluding hydrogens is 341 g/mol. The lowest BCUT2D eigenvalue weighted by atomic mass is 10.3. The lowest BCUT2D eigenvalue weighted by Gasteiger charge is -2.09. The molecule has 0 fully saturated rings. The lowest BCUT2D eigenvalue weighted by molar-refractivity contribution is -0.111. The van der Waals surface area contributed by atoms with E-state index >= 15 is 0 Å². The number of aromatic nitrogens is 2. The third-order valence-electron chi connectivity index (χ3n) is 3.34. The van der Waals surface area contributed by atoms with Crippen LogP contribution in [0, 0.1) is 12.7 Å². The van der Waals surface area contributed by atoms with Crippen LogP contribution in [0.15, 0.2) is 63.3 Å². The summed E-state index contributed by atoms with van der Waals surface area (Å²) in [5.74, 6) is 0.542. The molecule has 0 atom stereocenters. The number of anilines is 1. The zero-order valence-electron chi connectivity index (χ0n) is 13.7. The minimum Gasteiger partial charge on any atom is -0.462 e. The average molecular weight is 357 g/mol. The van der Waals surface area contributed by atoms with Gasteiger partial charge in [-0.05, 0) is 55.1 Å². The summed E-state index contributed by atoms with van der Waals surface area (Å²) in [6.45, 7) is 1.82. The van der Waals surface area contributed by atoms with Gasteiger partial charge < -0.3 is 14.3 Å². The zero-order valence-corrected chi connectivity index (χ0v) is 14.5. The Kier molecular flexibility index (Phi) is 5.04. The summed E-state index contributed by atoms with van der Waals surface area (Å²) in [7, 11) is 1.87. The van der Waals surface area contributed by atoms with E-state index in [0.29, 0.717) is 16.3 Å². The number of nitrogens with zero attached hydrogens (tertiary/aromatic N) is 2. The molecule has 2 heterocycles. The maximum absolute atomic E-state index is 13.6. The fourth-order valence-corrected chi connectivity index (χ4v) is 2.98. The smallest absolute Gasteiger partial charge is 0.248 e. The molecule has 0 aliphatic heterocycles. The van der Waals surface area contributed by atoms with E-state index in [1.54, 1.807) is 24.4 Å². The number of nitrogens with one attached hydrogen (secondary N) is 1. The van der Waals surface area contributed by atoms with Crippen molar-refractivity contribution in [2.45, 2.75) is 17.0 Å². The number of amides is 1. The Hall–Kier alpha value is -2.80. The Morgan fingerprint density at radius 2 is 2.20 bits per heavy atom. The summed E-state index contributed by atoms with van der Waals surface area (Å²) < 4.78 is 20.8. The number of carbonyl (C=O) groups excluding carboxylic acids is 1. The second kappa shape index (κ2) is 7.40. The summed E-state index contributed by atoms with van der Waals surface area (Å²) >= 11 is 1.34. The van der Waals surface area contributed by atoms with Crippen molar-refractivity contribution in [3.8, 4) is 0 Å². The molecule has 25 heavy (non-hydrogen) atoms. The van der Waals surface area contributed by atoms with Gasteiger partial charge in [0.15, 0.2) is 5.16 Å². The van der Waals surface area contributed by atoms with Crippen molar-refractivity contribution in [2.75, 3.05) is 5.32 Å². The number of hydrogen-bond donors (Lipinski definition) is 1. The molecule has 2 aromatic heterocycles. The van der Waals surface area contributed by atoms with E-state index in [-0.39, 0.29) is 5.91 Å². The molecule has 0 radical (unpaired) electrons. The summed E-state index contributed by atoms with van der Waals surface area (Å²) in [4.78, 5) is 17.1. The Morgan fingerprint density at radius 1 is 1.36 bits per heavy atom. The summed E-state index contributed by atoms with van der Waals surface area (Å²) in [6, 6.07) is 7.83. The number of benzene rings is 1. The predicted molar refractivity (Wildman–Crippen MR) is 94.8 cm³/mol. The van der Waals surface area contributed by atoms with Crippen molar-refractivity contribution < 1.29 is 13.6 Å². The van der Waals surface area contributed by atoms with Crippen LogP contribution in [-0.4, -0.2) is 15.5 Å². The van der Waals surface area contributed by atoms with Crippen molar-refractivity contribution in [1.29, 1.82) is 0 Å². The first kappa shape index (κ1) is 17.0. The SMILES string of the molecule is Cc1ccc(/C=C/C(=O)Nc2cc(F)ccc2Sc2nccn2C)o1. The Bertz CT molecular complexity index is 930. The number of halogens is 1. The topological polar surface area (TPSA) is 60.1 Å². The van der Waals surface area contributed by atoms with Crippen LogP contribution in [0.2, 0.25) is 0 Å². The number of rotatable bonds is 5. The zero-order chi connectivity index (χ0) is 17.8. The van der Waals surface area contributed by atoms with Gasteiger partial charge in [0.2, 0.25) is 5.91 Å². The van der Waals surface area contributed by atoms with Crippen LogP contribution >= 0.6 is 11.8 Å². The van der Waals surface area contributed by atoms with Gasteiger partial charge in [-0.1, -0.05) is 0 Å². The molecule has 0 aliphatic rings. The van der Waals surface area contributed by atoms with Crippen LogP contribution < -0.4 is 5.32 Å². The van der Waals surface area contributed by atoms with E-state index in [1.165, 1.54) is 30.0 Å². The summed E-state index contributed by atoms with van der Waals surface area (Å²) in [5.41, 5.74) is 0.387. The fourth-order valence-electron chi connectivity index (χ4n) is 2.11. The standard InChI is InChI=1S/C18H16FN3O2S/c1-12-3-5-14(24-12)6-8-17(23)21-15-11-13(19)4-7-16(15)25-18-20-9-10-22(18)2/h3-11H,1-2H3,(H,21,23)/b8-6+. The van der Waals surface area contributed by atoms with Gasteiger partial charge in [0.1, 0.15) is 17.3 Å². The van der Waals surface area contributed by atoms with Gasteiger partial charge in [0.25, 0.3) is 0 Å². The van der Waals surface area contributed by atoms with Crippen LogP contribution in [-0.2, 0) is 11.8 Å². The normalized spacial score (nSPS) is 11.2. The van der Waals surface area contributed by atoms with Gasteiger partial charge in [-0.3, -0.25) is 4.79 Å². The third kappa shape index (κ3) is 4.39. The molecule has 3 aromatic rings. The first-order chi connectivity index (χ1) is 12.0. The van der Waals surface area contributed by atoms with E-state index in [0.717, 1.165) is 10.9 Å². The highest BCUT2D eigenvalue weighted by Gasteiger charge is 2.11. The number of hydrogen-bond acceptors (Lipinski definition) is 4. The first-order valence-electron chi connectivity index (χ1n) is 7.51. The molecular formula is C18H16FN3O2S. The monoisotopic (exact) mass is 357 g/mol. The Labute approximate surface area is 148 Å². The highest BCUT2D eigenvalue weighted by atomic mass is 32.2. The van der Waals surface area contributed by atoms with Crippen molar-refractivity contribution >= 4 is 29.4 Å². The lowest BCUT2D eigenvalue weighted by Crippen LogP contribution is -2.09. The molecule has 1 amide bonds. The van der Waals surface area contributed by atoms with Crippen LogP contribution in [0.1, 0.15) is 11.5 Å². The first-order valence-corrected chi connectivity index (χ1v) is 8.33. The molecule has 3 rings (SSSR count). The molecule has 0 unspecified atom stereocenters. The Morgan fingerprint density at radius 3 is 2.88 bits per heavy atom. The minimum atomic E-state index is -0.426. The highest BCUT2D eigenvalue weighted by molar-refractivity contribution is 7.99. The van der Waals surface area contributed by atoms with Crippen molar-refractivity contribution in [3.63, 3.8) is 0 Å². The van der Waals surface area contributed by atoms with Crippen LogP contribution in [0.25, 0.3) is 6.08 Å². The molecule has 0 aliphatic carbocycles. The fraction of sp³-hybridized carbons (Fsp3) is 0.111. The van der Waals surface area contributed by atoms with E-state index < -0.39 is 5.82 Å². The third-order valence-corrected chi connectivity index (χ3v) is 4.49. The number of furan rings is 1. The predicted octanol–water partition coefficient (Wildman–Crippen LogP) is 4.26. The molecule has 0 saturated heterocycles. The molecule has 1 aromatic carbocycles. The highest BCUT2D eigenvalue weighted by Crippen LogP contribution is 2.32. The van der Waals surface area contributed by atoms with Gasteiger partial charge in [-0.25, -0.2) is 9.37 Å². The molecule has 0 saturated carbocycles. The van der Waals surface area contributed by atoms with Crippen LogP contribution in [0.3, 0.4) is 0 Å². The molecule has 0 bridgehead atoms. The Balaban J connectivity index is 1.76. The summed E-state index contributed by atoms with van der Waals surface area (Å²) in [5, 5.41) is 3.43. The largest absolute Gasteiger partial charge is 0.462 e. The van der Waals surface area contributed by atoms with Gasteiger partial charge in [0, 0.05) is 30.4 Å². The summed E-state index contributed by atoms with van der Waals surface area (Å²) in [6.07, 6.45) is 6.40. The number of aryl methyl sites for hydroxylation is 2. The second-order valence-corrected chi connectivity index (χ2v) is 6.34. The maximum Gasteiger partial charge on any atom is 0.248 e. The van der Waals surface area contributed by atoms with Gasteiger partial charge >= 0.3 is 0 Å². The molecule has 5 nitrogen and oxygen atoms in total.